The molecule has 5 rings (SSSR count). The molecule has 1 aromatic heterocycles. The molecule has 0 fully saturated rings. The molecule has 0 bridgehead atoms. The van der Waals surface area contributed by atoms with Crippen molar-refractivity contribution in [1.82, 2.24) is 25.4 Å². The van der Waals surface area contributed by atoms with Gasteiger partial charge in [0.1, 0.15) is 0 Å². The van der Waals surface area contributed by atoms with E-state index in [0.717, 1.165) is 38.9 Å². The summed E-state index contributed by atoms with van der Waals surface area (Å²) in [4.78, 5) is 30.3. The molecule has 5 N–H and O–H groups in total. The minimum atomic E-state index is -0.233. The summed E-state index contributed by atoms with van der Waals surface area (Å²) < 4.78 is 0. The van der Waals surface area contributed by atoms with E-state index in [9.17, 15) is 9.59 Å². The zero-order chi connectivity index (χ0) is 22.2. The van der Waals surface area contributed by atoms with Crippen LogP contribution in [-0.2, 0) is 17.8 Å². The molecule has 3 heterocycles. The lowest BCUT2D eigenvalue weighted by Crippen LogP contribution is -2.42. The molecule has 2 aliphatic heterocycles. The van der Waals surface area contributed by atoms with Crippen molar-refractivity contribution in [2.45, 2.75) is 25.9 Å². The van der Waals surface area contributed by atoms with Crippen molar-refractivity contribution < 1.29 is 9.59 Å². The van der Waals surface area contributed by atoms with Crippen LogP contribution in [0.1, 0.15) is 34.1 Å². The maximum absolute atomic E-state index is 13.4. The fraction of sp³-hybridized carbons (Fsp3) is 0.208. The molecule has 1 aliphatic carbocycles. The van der Waals surface area contributed by atoms with Gasteiger partial charge in [0.2, 0.25) is 5.91 Å². The summed E-state index contributed by atoms with van der Waals surface area (Å²) in [5.74, 6) is -0.301. The molecule has 1 atom stereocenters. The predicted octanol–water partition coefficient (Wildman–Crippen LogP) is 2.63. The number of benzene rings is 1. The van der Waals surface area contributed by atoms with Crippen molar-refractivity contribution in [2.75, 3.05) is 6.54 Å². The van der Waals surface area contributed by atoms with Crippen molar-refractivity contribution >= 4 is 28.8 Å². The van der Waals surface area contributed by atoms with Crippen molar-refractivity contribution in [3.63, 3.8) is 0 Å². The Morgan fingerprint density at radius 2 is 2.16 bits per heavy atom. The highest BCUT2D eigenvalue weighted by Gasteiger charge is 2.28. The average molecular weight is 428 g/mol. The number of H-pyrrole nitrogens is 2. The van der Waals surface area contributed by atoms with Crippen LogP contribution >= 0.6 is 0 Å². The Morgan fingerprint density at radius 3 is 2.97 bits per heavy atom. The number of fused-ring (bicyclic) bond motifs is 1. The number of para-hydroxylation sites is 1. The molecular weight excluding hydrogens is 404 g/mol. The van der Waals surface area contributed by atoms with E-state index in [1.165, 1.54) is 6.92 Å². The smallest absolute Gasteiger partial charge is 0.251 e. The summed E-state index contributed by atoms with van der Waals surface area (Å²) in [6, 6.07) is 9.66. The van der Waals surface area contributed by atoms with E-state index in [2.05, 4.69) is 26.6 Å². The number of rotatable bonds is 5. The summed E-state index contributed by atoms with van der Waals surface area (Å²) in [6.45, 7) is 2.13. The number of nitrogens with zero attached hydrogens (tertiary/aromatic N) is 2. The molecule has 2 aromatic rings. The van der Waals surface area contributed by atoms with Crippen LogP contribution in [0.4, 0.5) is 0 Å². The molecule has 0 radical (unpaired) electrons. The largest absolute Gasteiger partial charge is 0.361 e. The molecule has 1 aromatic carbocycles. The topological polar surface area (TPSA) is 120 Å². The lowest BCUT2D eigenvalue weighted by molar-refractivity contribution is -0.126. The van der Waals surface area contributed by atoms with E-state index in [-0.39, 0.29) is 17.9 Å². The van der Waals surface area contributed by atoms with Gasteiger partial charge in [-0.05, 0) is 35.8 Å². The van der Waals surface area contributed by atoms with Crippen molar-refractivity contribution in [1.29, 1.82) is 0 Å². The lowest BCUT2D eigenvalue weighted by Gasteiger charge is -2.19. The van der Waals surface area contributed by atoms with E-state index in [0.29, 0.717) is 25.1 Å². The van der Waals surface area contributed by atoms with Gasteiger partial charge in [0.25, 0.3) is 5.91 Å². The SMILES string of the molecule is CC(=O)N1C=Cc2[nH]ncc3cc(C(=O)N[C@H](CN)Cc4c[nH]c5ccccc45)c(c2-3)C1. The molecule has 2 amide bonds. The number of carbonyl (C=O) groups is 2. The summed E-state index contributed by atoms with van der Waals surface area (Å²) in [5, 5.41) is 11.4. The van der Waals surface area contributed by atoms with E-state index in [1.54, 1.807) is 17.3 Å². The fourth-order valence-electron chi connectivity index (χ4n) is 4.38. The van der Waals surface area contributed by atoms with E-state index < -0.39 is 0 Å². The Balaban J connectivity index is 1.45. The zero-order valence-electron chi connectivity index (χ0n) is 17.7. The zero-order valence-corrected chi connectivity index (χ0v) is 17.7. The highest BCUT2D eigenvalue weighted by molar-refractivity contribution is 6.02. The summed E-state index contributed by atoms with van der Waals surface area (Å²) in [6.07, 6.45) is 7.81. The van der Waals surface area contributed by atoms with E-state index in [1.807, 2.05) is 36.5 Å². The van der Waals surface area contributed by atoms with Gasteiger partial charge in [-0.3, -0.25) is 14.7 Å². The number of hydrogen-bond acceptors (Lipinski definition) is 4. The van der Waals surface area contributed by atoms with Crippen LogP contribution < -0.4 is 11.1 Å². The first-order chi connectivity index (χ1) is 15.5. The van der Waals surface area contributed by atoms with E-state index in [4.69, 9.17) is 5.73 Å². The average Bonchev–Trinajstić information content (AvgIpc) is 3.31. The minimum absolute atomic E-state index is 0.0955. The number of nitrogens with two attached hydrogens (primary N) is 1. The van der Waals surface area contributed by atoms with Crippen LogP contribution in [0.25, 0.3) is 28.1 Å². The quantitative estimate of drug-likeness (QED) is 0.391. The van der Waals surface area contributed by atoms with Gasteiger partial charge >= 0.3 is 0 Å². The molecule has 0 saturated carbocycles. The van der Waals surface area contributed by atoms with Crippen molar-refractivity contribution in [3.05, 3.63) is 71.3 Å². The van der Waals surface area contributed by atoms with Gasteiger partial charge in [-0.15, -0.1) is 0 Å². The predicted molar refractivity (Wildman–Crippen MR) is 123 cm³/mol. The van der Waals surface area contributed by atoms with Crippen LogP contribution in [0.3, 0.4) is 0 Å². The molecule has 0 spiro atoms. The first kappa shape index (κ1) is 20.0. The van der Waals surface area contributed by atoms with Crippen LogP contribution in [0.2, 0.25) is 0 Å². The number of hydrogen-bond donors (Lipinski definition) is 4. The highest BCUT2D eigenvalue weighted by atomic mass is 16.2. The van der Waals surface area contributed by atoms with Gasteiger partial charge < -0.3 is 20.9 Å². The van der Waals surface area contributed by atoms with Gasteiger partial charge in [-0.2, -0.15) is 5.10 Å². The summed E-state index contributed by atoms with van der Waals surface area (Å²) >= 11 is 0. The van der Waals surface area contributed by atoms with Crippen LogP contribution in [0, 0.1) is 0 Å². The molecule has 3 aliphatic rings. The Morgan fingerprint density at radius 1 is 1.31 bits per heavy atom. The number of nitrogens with one attached hydrogen (secondary N) is 3. The maximum Gasteiger partial charge on any atom is 0.251 e. The number of aromatic amines is 2. The molecule has 0 unspecified atom stereocenters. The van der Waals surface area contributed by atoms with Crippen molar-refractivity contribution in [3.8, 4) is 11.1 Å². The molecule has 8 heteroatoms. The maximum atomic E-state index is 13.4. The third-order valence-corrected chi connectivity index (χ3v) is 6.03. The van der Waals surface area contributed by atoms with Gasteiger partial charge in [0.05, 0.1) is 18.4 Å². The number of carbonyl (C=O) groups excluding carboxylic acids is 2. The first-order valence-corrected chi connectivity index (χ1v) is 10.6. The Labute approximate surface area is 184 Å². The fourth-order valence-corrected chi connectivity index (χ4v) is 4.38. The van der Waals surface area contributed by atoms with Gasteiger partial charge in [-0.1, -0.05) is 18.2 Å². The molecule has 162 valence electrons. The molecular formula is C24H24N6O2. The Kier molecular flexibility index (Phi) is 4.99. The second kappa shape index (κ2) is 7.97. The molecule has 8 nitrogen and oxygen atoms in total. The summed E-state index contributed by atoms with van der Waals surface area (Å²) in [7, 11) is 0. The summed E-state index contributed by atoms with van der Waals surface area (Å²) in [5.41, 5.74) is 12.1. The van der Waals surface area contributed by atoms with Gasteiger partial charge in [0, 0.05) is 59.5 Å². The van der Waals surface area contributed by atoms with Gasteiger partial charge in [0.15, 0.2) is 0 Å². The second-order valence-corrected chi connectivity index (χ2v) is 8.08. The third-order valence-electron chi connectivity index (χ3n) is 6.03. The van der Waals surface area contributed by atoms with Crippen LogP contribution in [0.5, 0.6) is 0 Å². The Bertz CT molecular complexity index is 1320. The van der Waals surface area contributed by atoms with Crippen molar-refractivity contribution in [2.24, 2.45) is 5.73 Å². The van der Waals surface area contributed by atoms with Crippen LogP contribution in [0.15, 0.2) is 48.9 Å². The van der Waals surface area contributed by atoms with Gasteiger partial charge in [-0.25, -0.2) is 0 Å². The first-order valence-electron chi connectivity index (χ1n) is 10.6. The monoisotopic (exact) mass is 428 g/mol. The molecule has 0 saturated heterocycles. The van der Waals surface area contributed by atoms with Crippen LogP contribution in [-0.4, -0.2) is 44.5 Å². The normalized spacial score (nSPS) is 14.0. The third kappa shape index (κ3) is 3.44. The molecule has 32 heavy (non-hydrogen) atoms. The lowest BCUT2D eigenvalue weighted by atomic mass is 10.0. The Hall–Kier alpha value is -3.91. The number of aromatic nitrogens is 3. The number of amides is 2. The minimum Gasteiger partial charge on any atom is -0.361 e. The second-order valence-electron chi connectivity index (χ2n) is 8.08. The van der Waals surface area contributed by atoms with E-state index >= 15 is 0 Å². The standard InChI is InChI=1S/C24H24N6O2/c1-14(31)30-7-6-22-23-16(12-27-29-22)9-19(20(23)13-30)24(32)28-17(10-25)8-15-11-26-21-5-3-2-4-18(15)21/h2-7,9,11-12,17,26,29H,8,10,13,25H2,1H3,(H,28,32)/t17-/m0/s1. The highest BCUT2D eigenvalue weighted by Crippen LogP contribution is 2.36.